The average Bonchev–Trinajstić information content (AvgIpc) is 2.75. The molecular weight excluding hydrogens is 568 g/mol. The normalized spacial score (nSPS) is 23.9. The summed E-state index contributed by atoms with van der Waals surface area (Å²) in [5.41, 5.74) is -3.89. The first-order chi connectivity index (χ1) is 18.6. The summed E-state index contributed by atoms with van der Waals surface area (Å²) in [5, 5.41) is 0. The molecule has 1 heterocycles. The molecule has 0 aromatic rings. The largest absolute Gasteiger partial charge is 0.463 e. The molecule has 1 fully saturated rings. The Morgan fingerprint density at radius 2 is 1.17 bits per heavy atom. The number of carbonyl (C=O) groups is 6. The molecule has 0 radical (unpaired) electrons. The Bertz CT molecular complexity index is 1080. The van der Waals surface area contributed by atoms with Gasteiger partial charge in [-0.1, -0.05) is 0 Å². The van der Waals surface area contributed by atoms with Crippen molar-refractivity contribution in [2.75, 3.05) is 6.61 Å². The monoisotopic (exact) mass is 606 g/mol. The molecule has 0 amide bonds. The number of hydrogen-bond acceptors (Lipinski definition) is 14. The minimum absolute atomic E-state index is 0.580. The van der Waals surface area contributed by atoms with Crippen LogP contribution in [0.15, 0.2) is 11.0 Å². The molecule has 0 aliphatic carbocycles. The molecule has 0 N–H and O–H groups in total. The van der Waals surface area contributed by atoms with E-state index in [4.69, 9.17) is 33.2 Å². The maximum absolute atomic E-state index is 14.0. The summed E-state index contributed by atoms with van der Waals surface area (Å²) in [5.74, 6) is -5.68. The molecule has 232 valence electrons. The first-order valence-electron chi connectivity index (χ1n) is 12.5. The molecule has 6 atom stereocenters. The fraction of sp³-hybridized carbons (Fsp3) is 0.692. The summed E-state index contributed by atoms with van der Waals surface area (Å²) in [7, 11) is -2.69. The summed E-state index contributed by atoms with van der Waals surface area (Å²) in [6.07, 6.45) is -5.64. The van der Waals surface area contributed by atoms with E-state index in [1.807, 2.05) is 0 Å². The van der Waals surface area contributed by atoms with E-state index in [-0.39, 0.29) is 0 Å². The fourth-order valence-electron chi connectivity index (χ4n) is 3.45. The fourth-order valence-corrected chi connectivity index (χ4v) is 4.82. The van der Waals surface area contributed by atoms with E-state index in [0.717, 1.165) is 27.7 Å². The van der Waals surface area contributed by atoms with Crippen LogP contribution in [0, 0.1) is 0 Å². The van der Waals surface area contributed by atoms with Gasteiger partial charge in [0.15, 0.2) is 23.7 Å². The van der Waals surface area contributed by atoms with Gasteiger partial charge in [-0.25, -0.2) is 9.59 Å². The predicted molar refractivity (Wildman–Crippen MR) is 140 cm³/mol. The molecule has 1 rings (SSSR count). The molecule has 0 saturated carbocycles. The van der Waals surface area contributed by atoms with Crippen LogP contribution < -0.4 is 0 Å². The molecule has 0 aromatic carbocycles. The summed E-state index contributed by atoms with van der Waals surface area (Å²) in [4.78, 5) is 72.7. The van der Waals surface area contributed by atoms with E-state index in [1.54, 1.807) is 20.8 Å². The van der Waals surface area contributed by atoms with Crippen molar-refractivity contribution < 1.29 is 66.1 Å². The lowest BCUT2D eigenvalue weighted by atomic mass is 9.99. The van der Waals surface area contributed by atoms with Crippen molar-refractivity contribution in [3.8, 4) is 0 Å². The molecule has 0 aromatic heterocycles. The maximum atomic E-state index is 14.0. The van der Waals surface area contributed by atoms with E-state index in [9.17, 15) is 33.0 Å². The Hall–Kier alpha value is -3.33. The zero-order chi connectivity index (χ0) is 31.9. The summed E-state index contributed by atoms with van der Waals surface area (Å²) < 4.78 is 51.4. The first-order valence-corrected chi connectivity index (χ1v) is 13.7. The highest BCUT2D eigenvalue weighted by molar-refractivity contribution is 7.90. The second-order valence-corrected chi connectivity index (χ2v) is 12.4. The maximum Gasteiger partial charge on any atom is 0.348 e. The summed E-state index contributed by atoms with van der Waals surface area (Å²) in [6, 6.07) is 0. The van der Waals surface area contributed by atoms with Crippen molar-refractivity contribution in [1.82, 2.24) is 0 Å². The van der Waals surface area contributed by atoms with E-state index in [1.165, 1.54) is 20.8 Å². The number of rotatable bonds is 9. The Morgan fingerprint density at radius 3 is 1.61 bits per heavy atom. The van der Waals surface area contributed by atoms with Crippen molar-refractivity contribution in [3.63, 3.8) is 0 Å². The van der Waals surface area contributed by atoms with Gasteiger partial charge in [-0.15, -0.1) is 0 Å². The van der Waals surface area contributed by atoms with Gasteiger partial charge in [0.1, 0.15) is 28.8 Å². The highest BCUT2D eigenvalue weighted by Gasteiger charge is 2.55. The standard InChI is InChI=1S/C26H38O14S/c1-13(27)34-12-17-20(35-14(2)28)21(36-15(3)29)22(37-16(4)30)24(38-17)41(33)18(23(32)40-26(8,9)10)11-19(31)39-25(5,6)7/h11,17,20-22,24H,12H2,1-10H3/b18-11+/t17-,20-,21+,22-,24-,41+/m1/s1. The molecule has 0 spiro atoms. The van der Waals surface area contributed by atoms with Gasteiger partial charge in [-0.2, -0.15) is 0 Å². The number of hydrogen-bond donors (Lipinski definition) is 0. The van der Waals surface area contributed by atoms with E-state index >= 15 is 0 Å². The highest BCUT2D eigenvalue weighted by Crippen LogP contribution is 2.33. The smallest absolute Gasteiger partial charge is 0.348 e. The number of ether oxygens (including phenoxy) is 7. The van der Waals surface area contributed by atoms with Gasteiger partial charge in [0.25, 0.3) is 0 Å². The quantitative estimate of drug-likeness (QED) is 0.208. The predicted octanol–water partition coefficient (Wildman–Crippen LogP) is 1.39. The Morgan fingerprint density at radius 1 is 0.707 bits per heavy atom. The Labute approximate surface area is 240 Å². The molecule has 1 saturated heterocycles. The molecule has 41 heavy (non-hydrogen) atoms. The summed E-state index contributed by atoms with van der Waals surface area (Å²) in [6.45, 7) is 12.9. The van der Waals surface area contributed by atoms with Gasteiger partial charge in [-0.3, -0.25) is 23.4 Å². The third-order valence-electron chi connectivity index (χ3n) is 4.63. The van der Waals surface area contributed by atoms with E-state index in [2.05, 4.69) is 0 Å². The van der Waals surface area contributed by atoms with Crippen molar-refractivity contribution in [2.45, 2.75) is 110 Å². The molecule has 1 aliphatic heterocycles. The van der Waals surface area contributed by atoms with Gasteiger partial charge < -0.3 is 33.2 Å². The van der Waals surface area contributed by atoms with Crippen LogP contribution in [0.1, 0.15) is 69.2 Å². The van der Waals surface area contributed by atoms with Crippen LogP contribution in [0.3, 0.4) is 0 Å². The lowest BCUT2D eigenvalue weighted by Crippen LogP contribution is -2.63. The average molecular weight is 607 g/mol. The molecule has 0 unspecified atom stereocenters. The van der Waals surface area contributed by atoms with Gasteiger partial charge >= 0.3 is 35.8 Å². The van der Waals surface area contributed by atoms with Crippen LogP contribution in [-0.2, 0) is 72.7 Å². The van der Waals surface area contributed by atoms with Crippen molar-refractivity contribution in [3.05, 3.63) is 11.0 Å². The third kappa shape index (κ3) is 12.4. The van der Waals surface area contributed by atoms with Crippen LogP contribution in [0.4, 0.5) is 0 Å². The topological polar surface area (TPSA) is 184 Å². The van der Waals surface area contributed by atoms with Crippen molar-refractivity contribution in [1.29, 1.82) is 0 Å². The van der Waals surface area contributed by atoms with Crippen LogP contribution in [0.2, 0.25) is 0 Å². The molecular formula is C26H38O14S. The second-order valence-electron chi connectivity index (χ2n) is 10.9. The van der Waals surface area contributed by atoms with Crippen LogP contribution in [-0.4, -0.2) is 87.7 Å². The molecule has 0 bridgehead atoms. The van der Waals surface area contributed by atoms with Crippen molar-refractivity contribution >= 4 is 46.6 Å². The molecule has 15 heteroatoms. The lowest BCUT2D eigenvalue weighted by Gasteiger charge is -2.44. The first kappa shape index (κ1) is 35.7. The Balaban J connectivity index is 3.80. The lowest BCUT2D eigenvalue weighted by molar-refractivity contribution is -0.238. The Kier molecular flexibility index (Phi) is 12.6. The minimum atomic E-state index is -2.69. The highest BCUT2D eigenvalue weighted by atomic mass is 32.2. The van der Waals surface area contributed by atoms with Gasteiger partial charge in [0.05, 0.1) is 10.8 Å². The third-order valence-corrected chi connectivity index (χ3v) is 6.15. The van der Waals surface area contributed by atoms with Crippen LogP contribution >= 0.6 is 0 Å². The van der Waals surface area contributed by atoms with Gasteiger partial charge in [-0.05, 0) is 41.5 Å². The molecule has 14 nitrogen and oxygen atoms in total. The van der Waals surface area contributed by atoms with Crippen LogP contribution in [0.5, 0.6) is 0 Å². The second kappa shape index (κ2) is 14.5. The number of esters is 6. The SMILES string of the molecule is CC(=O)OC[C@H]1O[C@H]([S@@](=O)/C(=C/C(=O)OC(C)(C)C)C(=O)OC(C)(C)C)[C@H](OC(C)=O)[C@@H](OC(C)=O)[C@@H]1OC(C)=O. The van der Waals surface area contributed by atoms with E-state index in [0.29, 0.717) is 6.08 Å². The number of carbonyl (C=O) groups excluding carboxylic acids is 6. The van der Waals surface area contributed by atoms with Crippen molar-refractivity contribution in [2.24, 2.45) is 0 Å². The zero-order valence-electron chi connectivity index (χ0n) is 24.8. The summed E-state index contributed by atoms with van der Waals surface area (Å²) >= 11 is 0. The van der Waals surface area contributed by atoms with Gasteiger partial charge in [0, 0.05) is 33.8 Å². The van der Waals surface area contributed by atoms with Gasteiger partial charge in [0.2, 0.25) is 0 Å². The molecule has 1 aliphatic rings. The van der Waals surface area contributed by atoms with Crippen LogP contribution in [0.25, 0.3) is 0 Å². The minimum Gasteiger partial charge on any atom is -0.463 e. The zero-order valence-corrected chi connectivity index (χ0v) is 25.6. The van der Waals surface area contributed by atoms with E-state index < -0.39 is 99.2 Å².